The third-order valence-corrected chi connectivity index (χ3v) is 4.90. The summed E-state index contributed by atoms with van der Waals surface area (Å²) in [5.74, 6) is 0. The van der Waals surface area contributed by atoms with Gasteiger partial charge in [0.25, 0.3) is 0 Å². The third-order valence-electron chi connectivity index (χ3n) is 2.60. The zero-order valence-electron chi connectivity index (χ0n) is 8.73. The first-order valence-corrected chi connectivity index (χ1v) is 6.75. The van der Waals surface area contributed by atoms with Crippen LogP contribution in [0.4, 0.5) is 0 Å². The predicted octanol–water partition coefficient (Wildman–Crippen LogP) is 2.11. The van der Waals surface area contributed by atoms with Crippen molar-refractivity contribution < 1.29 is 0 Å². The normalized spacial score (nSPS) is 11.1. The summed E-state index contributed by atoms with van der Waals surface area (Å²) in [5, 5.41) is 1.64. The van der Waals surface area contributed by atoms with E-state index in [1.165, 1.54) is 0 Å². The second-order valence-electron chi connectivity index (χ2n) is 3.79. The number of hydrogen-bond acceptors (Lipinski definition) is 2. The third kappa shape index (κ3) is 1.41. The molecule has 0 saturated carbocycles. The molecule has 2 aromatic heterocycles. The van der Waals surface area contributed by atoms with Gasteiger partial charge in [0, 0.05) is 0 Å². The Bertz CT molecular complexity index is 746. The monoisotopic (exact) mass is 275 g/mol. The Hall–Kier alpha value is -1.44. The molecule has 0 fully saturated rings. The van der Waals surface area contributed by atoms with Gasteiger partial charge in [-0.1, -0.05) is 0 Å². The number of fused-ring (bicyclic) bond motifs is 2. The molecule has 1 aromatic carbocycles. The van der Waals surface area contributed by atoms with Crippen LogP contribution in [0.25, 0.3) is 19.4 Å². The molecule has 78 valence electrons. The summed E-state index contributed by atoms with van der Waals surface area (Å²) >= 11 is 0.160. The zero-order chi connectivity index (χ0) is 11.1. The van der Waals surface area contributed by atoms with Crippen LogP contribution in [0.5, 0.6) is 0 Å². The molecular formula is C13H9NOSe. The van der Waals surface area contributed by atoms with Crippen molar-refractivity contribution in [3.05, 3.63) is 52.3 Å². The average Bonchev–Trinajstić information content (AvgIpc) is 2.31. The van der Waals surface area contributed by atoms with Crippen molar-refractivity contribution in [3.63, 3.8) is 0 Å². The molecule has 3 aromatic rings. The second kappa shape index (κ2) is 3.55. The van der Waals surface area contributed by atoms with Gasteiger partial charge in [0.2, 0.25) is 0 Å². The first kappa shape index (κ1) is 9.76. The van der Waals surface area contributed by atoms with E-state index in [2.05, 4.69) is 17.1 Å². The molecule has 2 heterocycles. The van der Waals surface area contributed by atoms with Crippen molar-refractivity contribution in [2.75, 3.05) is 0 Å². The van der Waals surface area contributed by atoms with Crippen LogP contribution in [0.1, 0.15) is 5.56 Å². The van der Waals surface area contributed by atoms with Gasteiger partial charge in [0.05, 0.1) is 0 Å². The molecule has 0 bridgehead atoms. The molecule has 0 atom stereocenters. The van der Waals surface area contributed by atoms with Gasteiger partial charge in [-0.25, -0.2) is 0 Å². The van der Waals surface area contributed by atoms with Crippen LogP contribution < -0.4 is 5.43 Å². The van der Waals surface area contributed by atoms with Gasteiger partial charge in [-0.05, 0) is 0 Å². The Morgan fingerprint density at radius 1 is 1.19 bits per heavy atom. The first-order valence-electron chi connectivity index (χ1n) is 5.04. The first-order chi connectivity index (χ1) is 7.75. The SMILES string of the molecule is Cc1ccc2[se]c3ncccc3c(=O)c2c1. The van der Waals surface area contributed by atoms with E-state index < -0.39 is 0 Å². The number of rotatable bonds is 0. The molecule has 16 heavy (non-hydrogen) atoms. The van der Waals surface area contributed by atoms with Gasteiger partial charge in [0.15, 0.2) is 0 Å². The van der Waals surface area contributed by atoms with E-state index in [-0.39, 0.29) is 19.9 Å². The van der Waals surface area contributed by atoms with Crippen LogP contribution in [0.15, 0.2) is 41.3 Å². The number of nitrogens with zero attached hydrogens (tertiary/aromatic N) is 1. The molecule has 0 spiro atoms. The maximum atomic E-state index is 12.2. The van der Waals surface area contributed by atoms with Crippen LogP contribution in [-0.4, -0.2) is 19.5 Å². The summed E-state index contributed by atoms with van der Waals surface area (Å²) < 4.78 is 2.10. The van der Waals surface area contributed by atoms with E-state index >= 15 is 0 Å². The molecule has 3 heteroatoms. The molecule has 0 N–H and O–H groups in total. The van der Waals surface area contributed by atoms with E-state index in [9.17, 15) is 4.79 Å². The number of aromatic nitrogens is 1. The number of aryl methyl sites for hydroxylation is 1. The molecule has 0 unspecified atom stereocenters. The molecule has 0 aliphatic heterocycles. The van der Waals surface area contributed by atoms with Crippen molar-refractivity contribution in [1.82, 2.24) is 4.98 Å². The number of hydrogen-bond donors (Lipinski definition) is 0. The van der Waals surface area contributed by atoms with E-state index in [0.717, 1.165) is 25.0 Å². The van der Waals surface area contributed by atoms with Gasteiger partial charge in [-0.2, -0.15) is 0 Å². The van der Waals surface area contributed by atoms with Crippen molar-refractivity contribution in [1.29, 1.82) is 0 Å². The summed E-state index contributed by atoms with van der Waals surface area (Å²) in [6, 6.07) is 9.79. The Kier molecular flexibility index (Phi) is 2.16. The van der Waals surface area contributed by atoms with Crippen LogP contribution in [0.2, 0.25) is 0 Å². The van der Waals surface area contributed by atoms with Crippen molar-refractivity contribution in [3.8, 4) is 0 Å². The molecule has 0 radical (unpaired) electrons. The van der Waals surface area contributed by atoms with E-state index in [1.54, 1.807) is 6.20 Å². The summed E-state index contributed by atoms with van der Waals surface area (Å²) in [5.41, 5.74) is 1.25. The van der Waals surface area contributed by atoms with Crippen LogP contribution in [0.3, 0.4) is 0 Å². The van der Waals surface area contributed by atoms with Gasteiger partial charge in [-0.15, -0.1) is 0 Å². The Balaban J connectivity index is 2.61. The zero-order valence-corrected chi connectivity index (χ0v) is 10.4. The minimum absolute atomic E-state index is 0.120. The quantitative estimate of drug-likeness (QED) is 0.464. The van der Waals surface area contributed by atoms with Crippen molar-refractivity contribution in [2.45, 2.75) is 6.92 Å². The molecule has 2 nitrogen and oxygen atoms in total. The van der Waals surface area contributed by atoms with E-state index in [1.807, 2.05) is 25.1 Å². The summed E-state index contributed by atoms with van der Waals surface area (Å²) in [6.07, 6.45) is 1.76. The van der Waals surface area contributed by atoms with Gasteiger partial charge >= 0.3 is 98.1 Å². The van der Waals surface area contributed by atoms with Crippen LogP contribution >= 0.6 is 0 Å². The topological polar surface area (TPSA) is 30.0 Å². The Labute approximate surface area is 98.3 Å². The van der Waals surface area contributed by atoms with Crippen LogP contribution in [0, 0.1) is 6.92 Å². The standard InChI is InChI=1S/C13H9NOSe/c1-8-4-5-11-10(7-8)12(15)9-3-2-6-14-13(9)16-11/h2-7H,1H3. The summed E-state index contributed by atoms with van der Waals surface area (Å²) in [6.45, 7) is 2.01. The number of benzene rings is 1. The van der Waals surface area contributed by atoms with E-state index in [4.69, 9.17) is 0 Å². The van der Waals surface area contributed by atoms with E-state index in [0.29, 0.717) is 0 Å². The average molecular weight is 274 g/mol. The van der Waals surface area contributed by atoms with Crippen molar-refractivity contribution in [2.24, 2.45) is 0 Å². The predicted molar refractivity (Wildman–Crippen MR) is 67.2 cm³/mol. The Morgan fingerprint density at radius 3 is 2.94 bits per heavy atom. The summed E-state index contributed by atoms with van der Waals surface area (Å²) in [7, 11) is 0. The number of pyridine rings is 1. The fourth-order valence-electron chi connectivity index (χ4n) is 1.80. The van der Waals surface area contributed by atoms with Crippen molar-refractivity contribution >= 4 is 33.9 Å². The molecule has 0 amide bonds. The van der Waals surface area contributed by atoms with Gasteiger partial charge in [-0.3, -0.25) is 0 Å². The fourth-order valence-corrected chi connectivity index (χ4v) is 3.88. The molecule has 0 aliphatic carbocycles. The van der Waals surface area contributed by atoms with Gasteiger partial charge < -0.3 is 0 Å². The minimum atomic E-state index is 0.120. The maximum absolute atomic E-state index is 12.2. The molecule has 3 rings (SSSR count). The molecule has 0 aliphatic rings. The summed E-state index contributed by atoms with van der Waals surface area (Å²) in [4.78, 5) is 16.5. The second-order valence-corrected chi connectivity index (χ2v) is 5.95. The molecule has 0 saturated heterocycles. The van der Waals surface area contributed by atoms with Crippen LogP contribution in [-0.2, 0) is 0 Å². The Morgan fingerprint density at radius 2 is 2.06 bits per heavy atom. The molecular weight excluding hydrogens is 265 g/mol. The fraction of sp³-hybridized carbons (Fsp3) is 0.0769. The van der Waals surface area contributed by atoms with Gasteiger partial charge in [0.1, 0.15) is 0 Å².